The fraction of sp³-hybridized carbons (Fsp3) is 0.115. The van der Waals surface area contributed by atoms with E-state index in [1.54, 1.807) is 30.3 Å². The molecule has 4 rings (SSSR count). The summed E-state index contributed by atoms with van der Waals surface area (Å²) in [5, 5.41) is 16.0. The third-order valence-corrected chi connectivity index (χ3v) is 8.51. The third kappa shape index (κ3) is 6.17. The van der Waals surface area contributed by atoms with Gasteiger partial charge in [0.25, 0.3) is 15.7 Å². The number of carbonyl (C=O) groups excluding carboxylic acids is 1. The highest BCUT2D eigenvalue weighted by Crippen LogP contribution is 2.30. The third-order valence-electron chi connectivity index (χ3n) is 5.82. The summed E-state index contributed by atoms with van der Waals surface area (Å²) in [6, 6.07) is 22.7. The van der Waals surface area contributed by atoms with Gasteiger partial charge in [-0.15, -0.1) is 0 Å². The molecule has 1 amide bonds. The van der Waals surface area contributed by atoms with Crippen molar-refractivity contribution in [3.63, 3.8) is 0 Å². The average Bonchev–Trinajstić information content (AvgIpc) is 2.87. The largest absolute Gasteiger partial charge is 0.378 e. The van der Waals surface area contributed by atoms with Crippen LogP contribution in [0.3, 0.4) is 0 Å². The van der Waals surface area contributed by atoms with E-state index in [0.717, 1.165) is 24.0 Å². The predicted molar refractivity (Wildman–Crippen MR) is 150 cm³/mol. The van der Waals surface area contributed by atoms with Crippen LogP contribution in [0.15, 0.2) is 98.8 Å². The van der Waals surface area contributed by atoms with Crippen molar-refractivity contribution in [1.82, 2.24) is 4.31 Å². The number of fused-ring (bicyclic) bond motifs is 1. The second kappa shape index (κ2) is 11.0. The summed E-state index contributed by atoms with van der Waals surface area (Å²) in [7, 11) is -2.88. The molecule has 0 bridgehead atoms. The van der Waals surface area contributed by atoms with Gasteiger partial charge >= 0.3 is 0 Å². The lowest BCUT2D eigenvalue weighted by Crippen LogP contribution is -2.35. The Morgan fingerprint density at radius 2 is 1.57 bits per heavy atom. The van der Waals surface area contributed by atoms with Crippen LogP contribution in [-0.4, -0.2) is 30.6 Å². The van der Waals surface area contributed by atoms with Crippen LogP contribution < -0.4 is 5.32 Å². The van der Waals surface area contributed by atoms with Crippen molar-refractivity contribution < 1.29 is 18.1 Å². The standard InChI is InChI=1S/C26H21Br2N3O5S/c1-30(37(35,36)24-11-8-17-4-2-3-5-19(17)12-24)26(32)16-25(18-6-9-23(10-7-18)31(33)34)29-22-14-20(27)13-21(28)15-22/h2-15,25,29H,16H2,1H3/t25-/m0/s1. The summed E-state index contributed by atoms with van der Waals surface area (Å²) < 4.78 is 28.9. The van der Waals surface area contributed by atoms with Gasteiger partial charge < -0.3 is 5.32 Å². The Bertz CT molecular complexity index is 1570. The number of nitrogens with zero attached hydrogens (tertiary/aromatic N) is 2. The fourth-order valence-corrected chi connectivity index (χ4v) is 6.31. The monoisotopic (exact) mass is 645 g/mol. The lowest BCUT2D eigenvalue weighted by molar-refractivity contribution is -0.384. The van der Waals surface area contributed by atoms with Crippen molar-refractivity contribution in [2.24, 2.45) is 0 Å². The minimum Gasteiger partial charge on any atom is -0.378 e. The maximum absolute atomic E-state index is 13.3. The van der Waals surface area contributed by atoms with Gasteiger partial charge in [0.1, 0.15) is 0 Å². The molecule has 0 saturated carbocycles. The molecule has 1 atom stereocenters. The molecule has 0 aliphatic carbocycles. The predicted octanol–water partition coefficient (Wildman–Crippen LogP) is 6.66. The van der Waals surface area contributed by atoms with Crippen LogP contribution in [0.4, 0.5) is 11.4 Å². The van der Waals surface area contributed by atoms with E-state index in [2.05, 4.69) is 37.2 Å². The number of amides is 1. The molecule has 0 aliphatic rings. The van der Waals surface area contributed by atoms with Gasteiger partial charge in [-0.3, -0.25) is 14.9 Å². The van der Waals surface area contributed by atoms with Crippen molar-refractivity contribution in [2.75, 3.05) is 12.4 Å². The highest BCUT2D eigenvalue weighted by molar-refractivity contribution is 9.11. The normalized spacial score (nSPS) is 12.2. The van der Waals surface area contributed by atoms with Crippen LogP contribution in [0, 0.1) is 10.1 Å². The van der Waals surface area contributed by atoms with E-state index in [9.17, 15) is 23.3 Å². The molecular formula is C26H21Br2N3O5S. The van der Waals surface area contributed by atoms with E-state index in [1.807, 2.05) is 36.4 Å². The van der Waals surface area contributed by atoms with E-state index < -0.39 is 26.9 Å². The summed E-state index contributed by atoms with van der Waals surface area (Å²) in [5.74, 6) is -0.641. The van der Waals surface area contributed by atoms with Crippen LogP contribution in [0.1, 0.15) is 18.0 Å². The summed E-state index contributed by atoms with van der Waals surface area (Å²) in [4.78, 5) is 23.9. The van der Waals surface area contributed by atoms with Crippen molar-refractivity contribution >= 4 is 69.9 Å². The van der Waals surface area contributed by atoms with E-state index in [0.29, 0.717) is 11.3 Å². The number of nitro benzene ring substituents is 1. The van der Waals surface area contributed by atoms with Crippen molar-refractivity contribution in [3.8, 4) is 0 Å². The quantitative estimate of drug-likeness (QED) is 0.169. The highest BCUT2D eigenvalue weighted by Gasteiger charge is 2.28. The summed E-state index contributed by atoms with van der Waals surface area (Å²) >= 11 is 6.86. The molecule has 1 N–H and O–H groups in total. The molecule has 190 valence electrons. The molecule has 11 heteroatoms. The zero-order valence-corrected chi connectivity index (χ0v) is 23.5. The first kappa shape index (κ1) is 26.8. The van der Waals surface area contributed by atoms with Gasteiger partial charge in [0.2, 0.25) is 5.91 Å². The van der Waals surface area contributed by atoms with E-state index in [1.165, 1.54) is 25.2 Å². The number of nitro groups is 1. The van der Waals surface area contributed by atoms with Gasteiger partial charge in [-0.25, -0.2) is 12.7 Å². The Morgan fingerprint density at radius 1 is 0.946 bits per heavy atom. The van der Waals surface area contributed by atoms with Crippen LogP contribution in [0.5, 0.6) is 0 Å². The van der Waals surface area contributed by atoms with E-state index in [4.69, 9.17) is 0 Å². The van der Waals surface area contributed by atoms with Crippen molar-refractivity contribution in [2.45, 2.75) is 17.4 Å². The molecule has 0 spiro atoms. The molecule has 4 aromatic rings. The van der Waals surface area contributed by atoms with Crippen LogP contribution in [-0.2, 0) is 14.8 Å². The number of non-ortho nitro benzene ring substituents is 1. The minimum atomic E-state index is -4.11. The molecular weight excluding hydrogens is 626 g/mol. The SMILES string of the molecule is CN(C(=O)C[C@H](Nc1cc(Br)cc(Br)c1)c1ccc([N+](=O)[O-])cc1)S(=O)(=O)c1ccc2ccccc2c1. The van der Waals surface area contributed by atoms with Crippen LogP contribution in [0.25, 0.3) is 10.8 Å². The summed E-state index contributed by atoms with van der Waals surface area (Å²) in [5.41, 5.74) is 1.17. The van der Waals surface area contributed by atoms with Crippen molar-refractivity contribution in [1.29, 1.82) is 0 Å². The first-order valence-corrected chi connectivity index (χ1v) is 14.0. The topological polar surface area (TPSA) is 110 Å². The van der Waals surface area contributed by atoms with Crippen molar-refractivity contribution in [3.05, 3.63) is 110 Å². The fourth-order valence-electron chi connectivity index (χ4n) is 3.84. The van der Waals surface area contributed by atoms with Gasteiger partial charge in [0, 0.05) is 33.8 Å². The van der Waals surface area contributed by atoms with Crippen LogP contribution in [0.2, 0.25) is 0 Å². The first-order chi connectivity index (χ1) is 17.5. The number of nitrogens with one attached hydrogen (secondary N) is 1. The number of benzene rings is 4. The number of hydrogen-bond donors (Lipinski definition) is 1. The molecule has 8 nitrogen and oxygen atoms in total. The zero-order valence-electron chi connectivity index (χ0n) is 19.5. The smallest absolute Gasteiger partial charge is 0.269 e. The second-order valence-electron chi connectivity index (χ2n) is 8.28. The molecule has 0 aliphatic heterocycles. The maximum Gasteiger partial charge on any atom is 0.269 e. The van der Waals surface area contributed by atoms with Gasteiger partial charge in [-0.1, -0.05) is 74.3 Å². The molecule has 0 heterocycles. The molecule has 0 unspecified atom stereocenters. The number of sulfonamides is 1. The molecule has 4 aromatic carbocycles. The van der Waals surface area contributed by atoms with Gasteiger partial charge in [0.15, 0.2) is 0 Å². The Balaban J connectivity index is 1.63. The summed E-state index contributed by atoms with van der Waals surface area (Å²) in [6.45, 7) is 0. The molecule has 37 heavy (non-hydrogen) atoms. The zero-order chi connectivity index (χ0) is 26.7. The Kier molecular flexibility index (Phi) is 7.96. The van der Waals surface area contributed by atoms with Crippen LogP contribution >= 0.6 is 31.9 Å². The van der Waals surface area contributed by atoms with E-state index in [-0.39, 0.29) is 17.0 Å². The maximum atomic E-state index is 13.3. The highest BCUT2D eigenvalue weighted by atomic mass is 79.9. The Morgan fingerprint density at radius 3 is 2.19 bits per heavy atom. The average molecular weight is 647 g/mol. The Hall–Kier alpha value is -3.28. The van der Waals surface area contributed by atoms with Gasteiger partial charge in [0.05, 0.1) is 22.3 Å². The number of halogens is 2. The Labute approximate surface area is 230 Å². The van der Waals surface area contributed by atoms with Gasteiger partial charge in [-0.2, -0.15) is 0 Å². The van der Waals surface area contributed by atoms with Gasteiger partial charge in [-0.05, 0) is 46.7 Å². The molecule has 0 saturated heterocycles. The minimum absolute atomic E-state index is 0.0119. The molecule has 0 radical (unpaired) electrons. The first-order valence-electron chi connectivity index (χ1n) is 11.0. The number of carbonyl (C=O) groups is 1. The number of rotatable bonds is 8. The second-order valence-corrected chi connectivity index (χ2v) is 12.1. The molecule has 0 aromatic heterocycles. The number of hydrogen-bond acceptors (Lipinski definition) is 6. The number of anilines is 1. The summed E-state index contributed by atoms with van der Waals surface area (Å²) in [6.07, 6.45) is -0.217. The lowest BCUT2D eigenvalue weighted by atomic mass is 10.0. The lowest BCUT2D eigenvalue weighted by Gasteiger charge is -2.24. The molecule has 0 fully saturated rings. The van der Waals surface area contributed by atoms with E-state index >= 15 is 0 Å².